The molecule has 1 aliphatic heterocycles. The number of rotatable bonds is 2. The summed E-state index contributed by atoms with van der Waals surface area (Å²) in [4.78, 5) is 6.51. The summed E-state index contributed by atoms with van der Waals surface area (Å²) < 4.78 is 2.24. The van der Waals surface area contributed by atoms with Gasteiger partial charge in [0, 0.05) is 31.8 Å². The van der Waals surface area contributed by atoms with E-state index in [1.165, 1.54) is 16.5 Å². The Bertz CT molecular complexity index is 723. The van der Waals surface area contributed by atoms with Crippen molar-refractivity contribution in [1.29, 1.82) is 0 Å². The van der Waals surface area contributed by atoms with Crippen LogP contribution in [0.2, 0.25) is 0 Å². The molecule has 0 aliphatic carbocycles. The number of nitrogens with zero attached hydrogens (tertiary/aromatic N) is 3. The number of aryl methyl sites for hydroxylation is 1. The van der Waals surface area contributed by atoms with Crippen molar-refractivity contribution < 1.29 is 0 Å². The van der Waals surface area contributed by atoms with E-state index in [1.54, 1.807) is 0 Å². The normalized spacial score (nSPS) is 20.8. The van der Waals surface area contributed by atoms with Crippen LogP contribution in [-0.2, 0) is 6.42 Å². The van der Waals surface area contributed by atoms with Gasteiger partial charge in [-0.15, -0.1) is 0 Å². The predicted molar refractivity (Wildman–Crippen MR) is 89.3 cm³/mol. The number of para-hydroxylation sites is 1. The summed E-state index contributed by atoms with van der Waals surface area (Å²) in [5.41, 5.74) is 2.61. The lowest BCUT2D eigenvalue weighted by atomic mass is 10.1. The highest BCUT2D eigenvalue weighted by Gasteiger charge is 2.21. The van der Waals surface area contributed by atoms with Crippen LogP contribution >= 0.6 is 0 Å². The first-order chi connectivity index (χ1) is 10.2. The van der Waals surface area contributed by atoms with Crippen molar-refractivity contribution >= 4 is 22.6 Å². The highest BCUT2D eigenvalue weighted by molar-refractivity contribution is 5.99. The van der Waals surface area contributed by atoms with Gasteiger partial charge in [0.25, 0.3) is 0 Å². The fraction of sp³-hybridized carbons (Fsp3) is 0.353. The van der Waals surface area contributed by atoms with Crippen LogP contribution in [0.4, 0.5) is 0 Å². The zero-order chi connectivity index (χ0) is 15.0. The van der Waals surface area contributed by atoms with Gasteiger partial charge in [-0.05, 0) is 25.0 Å². The summed E-state index contributed by atoms with van der Waals surface area (Å²) in [5.74, 6) is 2.07. The van der Waals surface area contributed by atoms with Crippen LogP contribution < -0.4 is 5.32 Å². The molecule has 4 heteroatoms. The number of hydrogen-bond donors (Lipinski definition) is 1. The third kappa shape index (κ3) is 2.20. The van der Waals surface area contributed by atoms with Crippen LogP contribution in [0.15, 0.2) is 41.5 Å². The van der Waals surface area contributed by atoms with Crippen molar-refractivity contribution in [2.24, 2.45) is 4.99 Å². The minimum atomic E-state index is 0.218. The van der Waals surface area contributed by atoms with Crippen LogP contribution in [0.25, 0.3) is 16.7 Å². The van der Waals surface area contributed by atoms with Crippen molar-refractivity contribution in [3.8, 4) is 0 Å². The van der Waals surface area contributed by atoms with E-state index in [9.17, 15) is 0 Å². The van der Waals surface area contributed by atoms with Gasteiger partial charge in [0.15, 0.2) is 0 Å². The van der Waals surface area contributed by atoms with E-state index in [-0.39, 0.29) is 6.17 Å². The molecule has 1 atom stereocenters. The average molecular weight is 282 g/mol. The fourth-order valence-electron chi connectivity index (χ4n) is 2.87. The van der Waals surface area contributed by atoms with Crippen molar-refractivity contribution in [2.75, 3.05) is 14.1 Å². The first kappa shape index (κ1) is 13.7. The van der Waals surface area contributed by atoms with Crippen molar-refractivity contribution in [3.05, 3.63) is 42.1 Å². The summed E-state index contributed by atoms with van der Waals surface area (Å²) in [5, 5.41) is 4.87. The van der Waals surface area contributed by atoms with E-state index in [4.69, 9.17) is 0 Å². The standard InChI is InChI=1S/C17H22N4/c1-5-13-11-21(15-9-7-6-8-14(13)15)17-10-16(18-3)20(4)12(2)19-17/h6-12,19H,5H2,1-4H3. The number of hydrogen-bond acceptors (Lipinski definition) is 2. The number of amidine groups is 1. The molecule has 0 fully saturated rings. The second-order valence-corrected chi connectivity index (χ2v) is 5.44. The zero-order valence-corrected chi connectivity index (χ0v) is 13.1. The molecule has 0 saturated carbocycles. The highest BCUT2D eigenvalue weighted by Crippen LogP contribution is 2.25. The second-order valence-electron chi connectivity index (χ2n) is 5.44. The van der Waals surface area contributed by atoms with E-state index in [1.807, 2.05) is 7.05 Å². The molecule has 110 valence electrons. The molecule has 1 aliphatic rings. The van der Waals surface area contributed by atoms with Gasteiger partial charge in [0.1, 0.15) is 11.7 Å². The van der Waals surface area contributed by atoms with Crippen LogP contribution in [0.1, 0.15) is 19.4 Å². The van der Waals surface area contributed by atoms with Crippen LogP contribution in [-0.4, -0.2) is 35.6 Å². The number of aliphatic imine (C=N–C) groups is 1. The molecule has 2 heterocycles. The Morgan fingerprint density at radius 2 is 2.05 bits per heavy atom. The molecule has 0 saturated heterocycles. The van der Waals surface area contributed by atoms with Gasteiger partial charge in [0.05, 0.1) is 11.7 Å². The molecule has 2 aromatic rings. The molecule has 1 unspecified atom stereocenters. The quantitative estimate of drug-likeness (QED) is 0.918. The Kier molecular flexibility index (Phi) is 3.45. The lowest BCUT2D eigenvalue weighted by Gasteiger charge is -2.34. The smallest absolute Gasteiger partial charge is 0.128 e. The zero-order valence-electron chi connectivity index (χ0n) is 13.1. The number of likely N-dealkylation sites (N-methyl/N-ethyl adjacent to an activating group) is 1. The summed E-state index contributed by atoms with van der Waals surface area (Å²) >= 11 is 0. The van der Waals surface area contributed by atoms with Gasteiger partial charge >= 0.3 is 0 Å². The van der Waals surface area contributed by atoms with Crippen LogP contribution in [0, 0.1) is 0 Å². The van der Waals surface area contributed by atoms with Gasteiger partial charge < -0.3 is 14.8 Å². The van der Waals surface area contributed by atoms with Gasteiger partial charge in [-0.3, -0.25) is 4.99 Å². The van der Waals surface area contributed by atoms with Crippen molar-refractivity contribution in [2.45, 2.75) is 26.4 Å². The number of aromatic nitrogens is 1. The molecule has 0 bridgehead atoms. The fourth-order valence-corrected chi connectivity index (χ4v) is 2.87. The molecule has 0 radical (unpaired) electrons. The van der Waals surface area contributed by atoms with E-state index in [0.717, 1.165) is 18.1 Å². The maximum absolute atomic E-state index is 4.37. The molecule has 4 nitrogen and oxygen atoms in total. The summed E-state index contributed by atoms with van der Waals surface area (Å²) in [7, 11) is 3.89. The summed E-state index contributed by atoms with van der Waals surface area (Å²) in [6.45, 7) is 4.34. The monoisotopic (exact) mass is 282 g/mol. The SMILES string of the molecule is CCc1cn(C2=CC(=NC)N(C)C(C)N2)c2ccccc12. The first-order valence-electron chi connectivity index (χ1n) is 7.43. The molecule has 1 N–H and O–H groups in total. The summed E-state index contributed by atoms with van der Waals surface area (Å²) in [6.07, 6.45) is 5.58. The van der Waals surface area contributed by atoms with Gasteiger partial charge in [0.2, 0.25) is 0 Å². The van der Waals surface area contributed by atoms with E-state index >= 15 is 0 Å². The van der Waals surface area contributed by atoms with Crippen LogP contribution in [0.5, 0.6) is 0 Å². The number of benzene rings is 1. The number of fused-ring (bicyclic) bond motifs is 1. The minimum absolute atomic E-state index is 0.218. The Hall–Kier alpha value is -2.23. The lowest BCUT2D eigenvalue weighted by Crippen LogP contribution is -2.47. The van der Waals surface area contributed by atoms with E-state index < -0.39 is 0 Å². The lowest BCUT2D eigenvalue weighted by molar-refractivity contribution is 0.353. The topological polar surface area (TPSA) is 32.6 Å². The molecule has 1 aromatic carbocycles. The maximum atomic E-state index is 4.37. The Labute approximate surface area is 125 Å². The van der Waals surface area contributed by atoms with Gasteiger partial charge in [-0.25, -0.2) is 0 Å². The van der Waals surface area contributed by atoms with Crippen molar-refractivity contribution in [1.82, 2.24) is 14.8 Å². The number of nitrogens with one attached hydrogen (secondary N) is 1. The van der Waals surface area contributed by atoms with Crippen molar-refractivity contribution in [3.63, 3.8) is 0 Å². The third-order valence-electron chi connectivity index (χ3n) is 4.23. The molecule has 3 rings (SSSR count). The third-order valence-corrected chi connectivity index (χ3v) is 4.23. The Morgan fingerprint density at radius 1 is 1.29 bits per heavy atom. The molecular formula is C17H22N4. The minimum Gasteiger partial charge on any atom is -0.351 e. The van der Waals surface area contributed by atoms with Gasteiger partial charge in [-0.2, -0.15) is 0 Å². The Morgan fingerprint density at radius 3 is 2.76 bits per heavy atom. The maximum Gasteiger partial charge on any atom is 0.128 e. The van der Waals surface area contributed by atoms with Crippen LogP contribution in [0.3, 0.4) is 0 Å². The molecule has 0 amide bonds. The molecule has 21 heavy (non-hydrogen) atoms. The average Bonchev–Trinajstić information content (AvgIpc) is 2.89. The molecular weight excluding hydrogens is 260 g/mol. The summed E-state index contributed by atoms with van der Waals surface area (Å²) in [6, 6.07) is 8.55. The van der Waals surface area contributed by atoms with Gasteiger partial charge in [-0.1, -0.05) is 25.1 Å². The Balaban J connectivity index is 2.17. The largest absolute Gasteiger partial charge is 0.351 e. The molecule has 0 spiro atoms. The molecule has 1 aromatic heterocycles. The highest BCUT2D eigenvalue weighted by atomic mass is 15.3. The van der Waals surface area contributed by atoms with E-state index in [2.05, 4.69) is 77.2 Å². The first-order valence-corrected chi connectivity index (χ1v) is 7.43. The van der Waals surface area contributed by atoms with E-state index in [0.29, 0.717) is 0 Å². The second kappa shape index (κ2) is 5.28. The predicted octanol–water partition coefficient (Wildman–Crippen LogP) is 2.91.